The van der Waals surface area contributed by atoms with E-state index in [2.05, 4.69) is 53.0 Å². The van der Waals surface area contributed by atoms with Crippen LogP contribution in [-0.2, 0) is 0 Å². The molecule has 1 aliphatic carbocycles. The lowest BCUT2D eigenvalue weighted by atomic mass is 9.81. The maximum atomic E-state index is 11.7. The molecule has 0 atom stereocenters. The standard InChI is InChI=1S/C22H41NO3Si/c1-16(2)27(17(3)4,18(5)6)15-14-22(26)12-10-19(11-13-22)23(20(24)25)21(7,8)9/h16-19,26H,10-13H2,1-9H3,(H,24,25)/t19-,22-. The fourth-order valence-electron chi connectivity index (χ4n) is 5.11. The van der Waals surface area contributed by atoms with Crippen molar-refractivity contribution in [2.75, 3.05) is 0 Å². The molecule has 1 rings (SSSR count). The molecule has 0 aromatic heterocycles. The van der Waals surface area contributed by atoms with Gasteiger partial charge in [-0.1, -0.05) is 47.5 Å². The van der Waals surface area contributed by atoms with Crippen LogP contribution in [0, 0.1) is 11.5 Å². The van der Waals surface area contributed by atoms with Crippen molar-refractivity contribution in [2.24, 2.45) is 0 Å². The maximum absolute atomic E-state index is 11.7. The molecule has 0 aliphatic heterocycles. The number of hydrogen-bond donors (Lipinski definition) is 2. The number of rotatable bonds is 4. The summed E-state index contributed by atoms with van der Waals surface area (Å²) >= 11 is 0. The van der Waals surface area contributed by atoms with Crippen molar-refractivity contribution < 1.29 is 15.0 Å². The number of aliphatic hydroxyl groups is 1. The minimum absolute atomic E-state index is 0.0492. The van der Waals surface area contributed by atoms with E-state index in [9.17, 15) is 15.0 Å². The highest BCUT2D eigenvalue weighted by atomic mass is 28.3. The smallest absolute Gasteiger partial charge is 0.407 e. The van der Waals surface area contributed by atoms with Crippen molar-refractivity contribution in [3.05, 3.63) is 0 Å². The lowest BCUT2D eigenvalue weighted by Crippen LogP contribution is -2.53. The second-order valence-corrected chi connectivity index (χ2v) is 15.8. The molecule has 1 amide bonds. The van der Waals surface area contributed by atoms with E-state index in [-0.39, 0.29) is 6.04 Å². The van der Waals surface area contributed by atoms with Crippen molar-refractivity contribution in [3.8, 4) is 11.5 Å². The molecular formula is C22H41NO3Si. The van der Waals surface area contributed by atoms with Gasteiger partial charge in [-0.25, -0.2) is 4.79 Å². The first-order valence-corrected chi connectivity index (χ1v) is 12.7. The molecule has 2 N–H and O–H groups in total. The number of carboxylic acid groups (broad SMARTS) is 1. The molecule has 0 aromatic carbocycles. The summed E-state index contributed by atoms with van der Waals surface area (Å²) in [6.45, 7) is 19.4. The largest absolute Gasteiger partial charge is 0.465 e. The lowest BCUT2D eigenvalue weighted by Gasteiger charge is -2.44. The van der Waals surface area contributed by atoms with Crippen LogP contribution < -0.4 is 0 Å². The van der Waals surface area contributed by atoms with Gasteiger partial charge in [0.15, 0.2) is 0 Å². The molecular weight excluding hydrogens is 354 g/mol. The van der Waals surface area contributed by atoms with Gasteiger partial charge in [0.25, 0.3) is 0 Å². The van der Waals surface area contributed by atoms with Gasteiger partial charge in [0.2, 0.25) is 0 Å². The highest BCUT2D eigenvalue weighted by Crippen LogP contribution is 2.41. The molecule has 0 spiro atoms. The molecule has 1 saturated carbocycles. The van der Waals surface area contributed by atoms with Gasteiger partial charge in [0.1, 0.15) is 13.7 Å². The molecule has 5 heteroatoms. The molecule has 27 heavy (non-hydrogen) atoms. The first-order valence-electron chi connectivity index (χ1n) is 10.5. The Balaban J connectivity index is 3.04. The van der Waals surface area contributed by atoms with Gasteiger partial charge in [-0.05, 0) is 63.1 Å². The van der Waals surface area contributed by atoms with Crippen molar-refractivity contribution in [3.63, 3.8) is 0 Å². The van der Waals surface area contributed by atoms with Crippen molar-refractivity contribution in [1.29, 1.82) is 0 Å². The number of hydrogen-bond acceptors (Lipinski definition) is 2. The van der Waals surface area contributed by atoms with Crippen molar-refractivity contribution in [1.82, 2.24) is 4.90 Å². The maximum Gasteiger partial charge on any atom is 0.407 e. The third-order valence-electron chi connectivity index (χ3n) is 6.45. The molecule has 1 aliphatic rings. The van der Waals surface area contributed by atoms with E-state index in [1.807, 2.05) is 20.8 Å². The average molecular weight is 396 g/mol. The van der Waals surface area contributed by atoms with E-state index in [0.717, 1.165) is 0 Å². The molecule has 1 fully saturated rings. The number of carbonyl (C=O) groups is 1. The van der Waals surface area contributed by atoms with Crippen LogP contribution >= 0.6 is 0 Å². The highest BCUT2D eigenvalue weighted by Gasteiger charge is 2.43. The second-order valence-electron chi connectivity index (χ2n) is 10.2. The van der Waals surface area contributed by atoms with Crippen LogP contribution in [-0.4, -0.2) is 46.5 Å². The zero-order chi connectivity index (χ0) is 21.2. The highest BCUT2D eigenvalue weighted by molar-refractivity contribution is 6.90. The van der Waals surface area contributed by atoms with Gasteiger partial charge in [0.05, 0.1) is 0 Å². The SMILES string of the molecule is CC(C)[Si](C#C[C@]1(O)CC[C@H](N(C(=O)O)C(C)(C)C)CC1)(C(C)C)C(C)C. The summed E-state index contributed by atoms with van der Waals surface area (Å²) in [5.74, 6) is 3.31. The molecule has 0 bridgehead atoms. The minimum atomic E-state index is -1.87. The van der Waals surface area contributed by atoms with E-state index < -0.39 is 25.3 Å². The first kappa shape index (κ1) is 24.0. The molecule has 0 radical (unpaired) electrons. The van der Waals surface area contributed by atoms with E-state index in [4.69, 9.17) is 0 Å². The summed E-state index contributed by atoms with van der Waals surface area (Å²) in [7, 11) is -1.87. The van der Waals surface area contributed by atoms with E-state index in [1.165, 1.54) is 0 Å². The Morgan fingerprint density at radius 3 is 1.74 bits per heavy atom. The molecule has 156 valence electrons. The van der Waals surface area contributed by atoms with Crippen LogP contribution in [0.3, 0.4) is 0 Å². The molecule has 0 heterocycles. The van der Waals surface area contributed by atoms with Crippen LogP contribution in [0.5, 0.6) is 0 Å². The average Bonchev–Trinajstić information content (AvgIpc) is 2.47. The summed E-state index contributed by atoms with van der Waals surface area (Å²) in [6, 6.07) is -0.0492. The number of nitrogens with zero attached hydrogens (tertiary/aromatic N) is 1. The van der Waals surface area contributed by atoms with Crippen LogP contribution in [0.1, 0.15) is 88.0 Å². The van der Waals surface area contributed by atoms with Crippen LogP contribution in [0.15, 0.2) is 0 Å². The van der Waals surface area contributed by atoms with Gasteiger partial charge in [-0.3, -0.25) is 0 Å². The summed E-state index contributed by atoms with van der Waals surface area (Å²) in [5.41, 5.74) is 3.84. The zero-order valence-corrected chi connectivity index (χ0v) is 19.9. The molecule has 0 saturated heterocycles. The Morgan fingerprint density at radius 1 is 1.04 bits per heavy atom. The minimum Gasteiger partial charge on any atom is -0.465 e. The van der Waals surface area contributed by atoms with Gasteiger partial charge >= 0.3 is 6.09 Å². The van der Waals surface area contributed by atoms with Crippen LogP contribution in [0.25, 0.3) is 0 Å². The van der Waals surface area contributed by atoms with E-state index in [0.29, 0.717) is 42.3 Å². The third-order valence-corrected chi connectivity index (χ3v) is 12.7. The molecule has 0 aromatic rings. The normalized spacial score (nSPS) is 24.1. The monoisotopic (exact) mass is 395 g/mol. The molecule has 0 unspecified atom stereocenters. The van der Waals surface area contributed by atoms with Gasteiger partial charge < -0.3 is 15.1 Å². The quantitative estimate of drug-likeness (QED) is 0.477. The van der Waals surface area contributed by atoms with Gasteiger partial charge in [-0.2, -0.15) is 0 Å². The lowest BCUT2D eigenvalue weighted by molar-refractivity contribution is 0.00400. The third kappa shape index (κ3) is 5.29. The summed E-state index contributed by atoms with van der Waals surface area (Å²) < 4.78 is 0. The fraction of sp³-hybridized carbons (Fsp3) is 0.864. The topological polar surface area (TPSA) is 60.8 Å². The predicted molar refractivity (Wildman–Crippen MR) is 116 cm³/mol. The van der Waals surface area contributed by atoms with Crippen molar-refractivity contribution in [2.45, 2.75) is 122 Å². The summed E-state index contributed by atoms with van der Waals surface area (Å²) in [5, 5.41) is 20.7. The Kier molecular flexibility index (Phi) is 7.63. The van der Waals surface area contributed by atoms with E-state index in [1.54, 1.807) is 4.90 Å². The number of amides is 1. The second kappa shape index (κ2) is 8.57. The summed E-state index contributed by atoms with van der Waals surface area (Å²) in [6.07, 6.45) is 1.53. The Morgan fingerprint density at radius 2 is 1.44 bits per heavy atom. The van der Waals surface area contributed by atoms with Gasteiger partial charge in [-0.15, -0.1) is 5.54 Å². The first-order chi connectivity index (χ1) is 12.2. The van der Waals surface area contributed by atoms with Crippen LogP contribution in [0.2, 0.25) is 16.6 Å². The van der Waals surface area contributed by atoms with Crippen LogP contribution in [0.4, 0.5) is 4.79 Å². The zero-order valence-electron chi connectivity index (χ0n) is 18.9. The van der Waals surface area contributed by atoms with Gasteiger partial charge in [0, 0.05) is 11.6 Å². The Hall–Kier alpha value is -0.993. The Bertz CT molecular complexity index is 551. The fourth-order valence-corrected chi connectivity index (χ4v) is 10.4. The predicted octanol–water partition coefficient (Wildman–Crippen LogP) is 5.66. The Labute approximate surface area is 167 Å². The summed E-state index contributed by atoms with van der Waals surface area (Å²) in [4.78, 5) is 13.3. The van der Waals surface area contributed by atoms with E-state index >= 15 is 0 Å². The van der Waals surface area contributed by atoms with Crippen molar-refractivity contribution >= 4 is 14.2 Å². The molecule has 4 nitrogen and oxygen atoms in total.